The molecular formula is C16H11N3O3. The van der Waals surface area contributed by atoms with Crippen molar-refractivity contribution < 1.29 is 9.52 Å². The molecular weight excluding hydrogens is 282 g/mol. The fraction of sp³-hybridized carbons (Fsp3) is 0. The van der Waals surface area contributed by atoms with Gasteiger partial charge in [-0.25, -0.2) is 0 Å². The van der Waals surface area contributed by atoms with Crippen LogP contribution in [0.2, 0.25) is 0 Å². The van der Waals surface area contributed by atoms with Crippen molar-refractivity contribution in [2.45, 2.75) is 0 Å². The Morgan fingerprint density at radius 1 is 1.05 bits per heavy atom. The molecule has 1 aromatic heterocycles. The number of nitroso groups, excluding NO2 is 1. The summed E-state index contributed by atoms with van der Waals surface area (Å²) in [5.41, 5.74) is 1.08. The molecule has 0 spiro atoms. The molecule has 6 heteroatoms. The van der Waals surface area contributed by atoms with E-state index in [2.05, 4.69) is 10.5 Å². The van der Waals surface area contributed by atoms with E-state index in [9.17, 15) is 14.9 Å². The molecule has 108 valence electrons. The Hall–Kier alpha value is -3.28. The van der Waals surface area contributed by atoms with Crippen LogP contribution in [0.15, 0.2) is 66.0 Å². The summed E-state index contributed by atoms with van der Waals surface area (Å²) >= 11 is 0. The minimum atomic E-state index is -0.351. The molecule has 0 saturated carbocycles. The molecule has 0 aliphatic heterocycles. The molecule has 0 fully saturated rings. The van der Waals surface area contributed by atoms with Gasteiger partial charge in [-0.2, -0.15) is 4.73 Å². The highest BCUT2D eigenvalue weighted by atomic mass is 16.5. The summed E-state index contributed by atoms with van der Waals surface area (Å²) in [6.45, 7) is 0. The molecule has 22 heavy (non-hydrogen) atoms. The van der Waals surface area contributed by atoms with Gasteiger partial charge < -0.3 is 10.5 Å². The summed E-state index contributed by atoms with van der Waals surface area (Å²) in [6.07, 6.45) is 1.33. The van der Waals surface area contributed by atoms with Crippen LogP contribution in [0.25, 0.3) is 10.9 Å². The van der Waals surface area contributed by atoms with Crippen molar-refractivity contribution in [1.29, 1.82) is 0 Å². The standard InChI is InChI=1S/C16H11N3O3/c20-16(11-5-2-1-3-6-11)17-13-8-9-14-12(15(13)18-21)7-4-10-19(14)22/h1-10H,(H,17,20). The third-order valence-corrected chi connectivity index (χ3v) is 3.29. The molecule has 0 atom stereocenters. The van der Waals surface area contributed by atoms with Gasteiger partial charge >= 0.3 is 0 Å². The number of nitrogens with one attached hydrogen (secondary N) is 1. The van der Waals surface area contributed by atoms with Crippen molar-refractivity contribution in [2.75, 3.05) is 5.32 Å². The van der Waals surface area contributed by atoms with Crippen LogP contribution in [0.4, 0.5) is 11.4 Å². The first-order chi connectivity index (χ1) is 10.7. The molecule has 0 saturated heterocycles. The van der Waals surface area contributed by atoms with Crippen LogP contribution in [0.3, 0.4) is 0 Å². The Kier molecular flexibility index (Phi) is 3.49. The van der Waals surface area contributed by atoms with Gasteiger partial charge in [-0.15, -0.1) is 4.91 Å². The second-order valence-corrected chi connectivity index (χ2v) is 4.64. The molecule has 0 bridgehead atoms. The highest BCUT2D eigenvalue weighted by Gasteiger charge is 2.15. The van der Waals surface area contributed by atoms with Gasteiger partial charge in [0.1, 0.15) is 5.69 Å². The first-order valence-corrected chi connectivity index (χ1v) is 6.55. The number of benzene rings is 2. The fourth-order valence-corrected chi connectivity index (χ4v) is 2.23. The maximum atomic E-state index is 12.2. The van der Waals surface area contributed by atoms with E-state index in [1.165, 1.54) is 24.4 Å². The van der Waals surface area contributed by atoms with Gasteiger partial charge in [0.05, 0.1) is 11.1 Å². The normalized spacial score (nSPS) is 10.4. The summed E-state index contributed by atoms with van der Waals surface area (Å²) in [4.78, 5) is 23.3. The predicted molar refractivity (Wildman–Crippen MR) is 82.8 cm³/mol. The second kappa shape index (κ2) is 5.61. The van der Waals surface area contributed by atoms with Crippen LogP contribution in [0.1, 0.15) is 10.4 Å². The van der Waals surface area contributed by atoms with E-state index in [4.69, 9.17) is 0 Å². The van der Waals surface area contributed by atoms with Gasteiger partial charge in [0, 0.05) is 17.7 Å². The highest BCUT2D eigenvalue weighted by molar-refractivity contribution is 6.08. The number of hydrogen-bond acceptors (Lipinski definition) is 4. The molecule has 1 heterocycles. The lowest BCUT2D eigenvalue weighted by Crippen LogP contribution is -2.25. The van der Waals surface area contributed by atoms with Crippen molar-refractivity contribution in [3.8, 4) is 0 Å². The third-order valence-electron chi connectivity index (χ3n) is 3.29. The minimum Gasteiger partial charge on any atom is -0.618 e. The highest BCUT2D eigenvalue weighted by Crippen LogP contribution is 2.32. The Morgan fingerprint density at radius 2 is 1.82 bits per heavy atom. The van der Waals surface area contributed by atoms with Crippen LogP contribution >= 0.6 is 0 Å². The minimum absolute atomic E-state index is 0.0342. The van der Waals surface area contributed by atoms with Crippen molar-refractivity contribution in [3.63, 3.8) is 0 Å². The number of pyridine rings is 1. The van der Waals surface area contributed by atoms with Gasteiger partial charge in [-0.3, -0.25) is 4.79 Å². The number of anilines is 1. The molecule has 0 unspecified atom stereocenters. The molecule has 1 amide bonds. The van der Waals surface area contributed by atoms with Crippen LogP contribution < -0.4 is 10.0 Å². The topological polar surface area (TPSA) is 85.5 Å². The smallest absolute Gasteiger partial charge is 0.255 e. The lowest BCUT2D eigenvalue weighted by Gasteiger charge is -2.09. The predicted octanol–water partition coefficient (Wildman–Crippen LogP) is 3.12. The lowest BCUT2D eigenvalue weighted by molar-refractivity contribution is -0.576. The Labute approximate surface area is 125 Å². The molecule has 2 aromatic carbocycles. The van der Waals surface area contributed by atoms with Gasteiger partial charge in [0.2, 0.25) is 5.52 Å². The van der Waals surface area contributed by atoms with Gasteiger partial charge in [-0.05, 0) is 29.4 Å². The molecule has 6 nitrogen and oxygen atoms in total. The molecule has 3 rings (SSSR count). The maximum absolute atomic E-state index is 12.2. The Morgan fingerprint density at radius 3 is 2.55 bits per heavy atom. The van der Waals surface area contributed by atoms with E-state index in [0.29, 0.717) is 21.2 Å². The molecule has 0 aliphatic carbocycles. The fourth-order valence-electron chi connectivity index (χ4n) is 2.23. The quantitative estimate of drug-likeness (QED) is 0.457. The number of rotatable bonds is 3. The van der Waals surface area contributed by atoms with Crippen LogP contribution in [0, 0.1) is 10.1 Å². The van der Waals surface area contributed by atoms with Crippen molar-refractivity contribution in [2.24, 2.45) is 5.18 Å². The zero-order valence-corrected chi connectivity index (χ0v) is 11.4. The SMILES string of the molecule is O=Nc1c(NC(=O)c2ccccc2)ccc2c1ccc[n+]2[O-]. The van der Waals surface area contributed by atoms with Crippen molar-refractivity contribution >= 4 is 28.2 Å². The summed E-state index contributed by atoms with van der Waals surface area (Å²) in [7, 11) is 0. The lowest BCUT2D eigenvalue weighted by atomic mass is 10.1. The molecule has 1 N–H and O–H groups in total. The summed E-state index contributed by atoms with van der Waals surface area (Å²) in [5.74, 6) is -0.351. The van der Waals surface area contributed by atoms with E-state index in [0.717, 1.165) is 0 Å². The van der Waals surface area contributed by atoms with Crippen LogP contribution in [0.5, 0.6) is 0 Å². The van der Waals surface area contributed by atoms with Crippen LogP contribution in [-0.2, 0) is 0 Å². The number of hydrogen-bond donors (Lipinski definition) is 1. The zero-order chi connectivity index (χ0) is 15.5. The Bertz CT molecular complexity index is 863. The summed E-state index contributed by atoms with van der Waals surface area (Å²) < 4.78 is 0.646. The number of carbonyl (C=O) groups excluding carboxylic acids is 1. The third kappa shape index (κ3) is 2.37. The average molecular weight is 293 g/mol. The molecule has 3 aromatic rings. The Balaban J connectivity index is 2.05. The molecule has 0 aliphatic rings. The van der Waals surface area contributed by atoms with E-state index in [-0.39, 0.29) is 17.3 Å². The van der Waals surface area contributed by atoms with E-state index >= 15 is 0 Å². The van der Waals surface area contributed by atoms with Gasteiger partial charge in [0.25, 0.3) is 5.91 Å². The monoisotopic (exact) mass is 293 g/mol. The number of carbonyl (C=O) groups is 1. The van der Waals surface area contributed by atoms with Crippen LogP contribution in [-0.4, -0.2) is 5.91 Å². The maximum Gasteiger partial charge on any atom is 0.255 e. The summed E-state index contributed by atoms with van der Waals surface area (Å²) in [5, 5.41) is 17.7. The van der Waals surface area contributed by atoms with E-state index < -0.39 is 0 Å². The summed E-state index contributed by atoms with van der Waals surface area (Å²) in [6, 6.07) is 14.8. The van der Waals surface area contributed by atoms with Crippen molar-refractivity contribution in [1.82, 2.24) is 0 Å². The number of fused-ring (bicyclic) bond motifs is 1. The first kappa shape index (κ1) is 13.7. The van der Waals surface area contributed by atoms with Gasteiger partial charge in [-0.1, -0.05) is 18.2 Å². The second-order valence-electron chi connectivity index (χ2n) is 4.64. The number of aromatic nitrogens is 1. The van der Waals surface area contributed by atoms with Gasteiger partial charge in [0.15, 0.2) is 6.20 Å². The van der Waals surface area contributed by atoms with Crippen molar-refractivity contribution in [3.05, 3.63) is 76.5 Å². The van der Waals surface area contributed by atoms with E-state index in [1.807, 2.05) is 0 Å². The van der Waals surface area contributed by atoms with E-state index in [1.54, 1.807) is 36.4 Å². The number of amides is 1. The zero-order valence-electron chi connectivity index (χ0n) is 11.4. The number of nitrogens with zero attached hydrogens (tertiary/aromatic N) is 2. The average Bonchev–Trinajstić information content (AvgIpc) is 2.55. The largest absolute Gasteiger partial charge is 0.618 e. The molecule has 0 radical (unpaired) electrons. The first-order valence-electron chi connectivity index (χ1n) is 6.55.